The predicted molar refractivity (Wildman–Crippen MR) is 107 cm³/mol. The van der Waals surface area contributed by atoms with Crippen molar-refractivity contribution in [1.82, 2.24) is 19.9 Å². The number of hydrogen-bond acceptors (Lipinski definition) is 8. The Bertz CT molecular complexity index is 756. The second-order valence-corrected chi connectivity index (χ2v) is 6.86. The average Bonchev–Trinajstić information content (AvgIpc) is 2.72. The van der Waals surface area contributed by atoms with Gasteiger partial charge in [-0.3, -0.25) is 4.90 Å². The van der Waals surface area contributed by atoms with E-state index in [4.69, 9.17) is 14.2 Å². The number of nitrogens with one attached hydrogen (secondary N) is 1. The minimum absolute atomic E-state index is 0.247. The summed E-state index contributed by atoms with van der Waals surface area (Å²) >= 11 is 0. The molecule has 0 bridgehead atoms. The molecule has 2 heterocycles. The maximum absolute atomic E-state index is 5.72. The molecule has 8 nitrogen and oxygen atoms in total. The second-order valence-electron chi connectivity index (χ2n) is 6.86. The van der Waals surface area contributed by atoms with Crippen LogP contribution in [0.15, 0.2) is 18.2 Å². The minimum Gasteiger partial charge on any atom is -0.494 e. The zero-order valence-electron chi connectivity index (χ0n) is 17.1. The third-order valence-electron chi connectivity index (χ3n) is 4.84. The van der Waals surface area contributed by atoms with Gasteiger partial charge in [0, 0.05) is 25.7 Å². The van der Waals surface area contributed by atoms with Crippen LogP contribution in [0.1, 0.15) is 30.9 Å². The zero-order valence-corrected chi connectivity index (χ0v) is 17.1. The molecule has 28 heavy (non-hydrogen) atoms. The number of hydrogen-bond donors (Lipinski definition) is 1. The summed E-state index contributed by atoms with van der Waals surface area (Å²) in [6, 6.07) is 7.28. The summed E-state index contributed by atoms with van der Waals surface area (Å²) in [6.07, 6.45) is 2.03. The molecule has 0 saturated carbocycles. The highest BCUT2D eigenvalue weighted by Crippen LogP contribution is 2.23. The van der Waals surface area contributed by atoms with Crippen LogP contribution in [-0.4, -0.2) is 59.8 Å². The molecule has 1 aromatic carbocycles. The van der Waals surface area contributed by atoms with Crippen molar-refractivity contribution in [2.75, 3.05) is 39.2 Å². The first-order valence-electron chi connectivity index (χ1n) is 9.66. The minimum atomic E-state index is 0.247. The van der Waals surface area contributed by atoms with Crippen LogP contribution in [0, 0.1) is 6.92 Å². The van der Waals surface area contributed by atoms with E-state index in [0.717, 1.165) is 38.2 Å². The lowest BCUT2D eigenvalue weighted by Crippen LogP contribution is -2.39. The molecule has 0 amide bonds. The summed E-state index contributed by atoms with van der Waals surface area (Å²) in [4.78, 5) is 15.0. The Morgan fingerprint density at radius 2 is 1.75 bits per heavy atom. The van der Waals surface area contributed by atoms with Crippen LogP contribution in [-0.2, 0) is 6.54 Å². The Morgan fingerprint density at radius 3 is 2.36 bits per heavy atom. The lowest BCUT2D eigenvalue weighted by molar-refractivity contribution is 0.210. The number of likely N-dealkylation sites (tertiary alicyclic amines) is 1. The van der Waals surface area contributed by atoms with Gasteiger partial charge < -0.3 is 19.5 Å². The van der Waals surface area contributed by atoms with Crippen molar-refractivity contribution in [2.24, 2.45) is 0 Å². The molecule has 0 unspecified atom stereocenters. The molecular formula is C20H29N5O3. The fourth-order valence-corrected chi connectivity index (χ4v) is 3.32. The fraction of sp³-hybridized carbons (Fsp3) is 0.550. The summed E-state index contributed by atoms with van der Waals surface area (Å²) in [6.45, 7) is 7.73. The molecular weight excluding hydrogens is 358 g/mol. The average molecular weight is 387 g/mol. The molecule has 1 saturated heterocycles. The molecule has 0 spiro atoms. The van der Waals surface area contributed by atoms with Crippen LogP contribution in [0.2, 0.25) is 0 Å². The molecule has 1 aliphatic rings. The van der Waals surface area contributed by atoms with Crippen molar-refractivity contribution in [3.63, 3.8) is 0 Å². The van der Waals surface area contributed by atoms with Crippen LogP contribution in [0.4, 0.5) is 5.95 Å². The van der Waals surface area contributed by atoms with Gasteiger partial charge in [-0.05, 0) is 43.9 Å². The molecule has 0 aliphatic carbocycles. The quantitative estimate of drug-likeness (QED) is 0.740. The highest BCUT2D eigenvalue weighted by molar-refractivity contribution is 5.36. The van der Waals surface area contributed by atoms with E-state index in [2.05, 4.69) is 50.3 Å². The van der Waals surface area contributed by atoms with Crippen molar-refractivity contribution in [1.29, 1.82) is 0 Å². The number of rotatable bonds is 8. The van der Waals surface area contributed by atoms with Gasteiger partial charge in [0.1, 0.15) is 5.75 Å². The Morgan fingerprint density at radius 1 is 1.07 bits per heavy atom. The first-order valence-corrected chi connectivity index (χ1v) is 9.66. The van der Waals surface area contributed by atoms with Gasteiger partial charge >= 0.3 is 12.0 Å². The van der Waals surface area contributed by atoms with E-state index in [1.54, 1.807) is 0 Å². The number of aryl methyl sites for hydroxylation is 1. The van der Waals surface area contributed by atoms with E-state index in [1.165, 1.54) is 25.3 Å². The molecule has 0 atom stereocenters. The molecule has 1 fully saturated rings. The zero-order chi connectivity index (χ0) is 19.9. The highest BCUT2D eigenvalue weighted by atomic mass is 16.5. The van der Waals surface area contributed by atoms with E-state index in [0.29, 0.717) is 18.6 Å². The Kier molecular flexibility index (Phi) is 6.86. The van der Waals surface area contributed by atoms with Gasteiger partial charge in [0.2, 0.25) is 5.95 Å². The van der Waals surface area contributed by atoms with Gasteiger partial charge in [-0.1, -0.05) is 12.1 Å². The standard InChI is InChI=1S/C20H29N5O3/c1-5-28-17-12-15(7-6-14(17)2)13-25-10-8-16(9-11-25)21-18-22-19(26-3)24-20(23-18)27-4/h6-7,12,16H,5,8-11,13H2,1-4H3,(H,21,22,23,24). The van der Waals surface area contributed by atoms with E-state index in [1.807, 2.05) is 6.92 Å². The number of piperidine rings is 1. The van der Waals surface area contributed by atoms with E-state index >= 15 is 0 Å². The topological polar surface area (TPSA) is 81.6 Å². The predicted octanol–water partition coefficient (Wildman–Crippen LogP) is 2.67. The third-order valence-corrected chi connectivity index (χ3v) is 4.84. The van der Waals surface area contributed by atoms with Crippen LogP contribution in [0.3, 0.4) is 0 Å². The summed E-state index contributed by atoms with van der Waals surface area (Å²) in [5, 5.41) is 3.38. The molecule has 2 aromatic rings. The summed E-state index contributed by atoms with van der Waals surface area (Å²) < 4.78 is 15.9. The lowest BCUT2D eigenvalue weighted by Gasteiger charge is -2.32. The van der Waals surface area contributed by atoms with Crippen LogP contribution < -0.4 is 19.5 Å². The molecule has 1 aromatic heterocycles. The van der Waals surface area contributed by atoms with Gasteiger partial charge in [0.15, 0.2) is 0 Å². The number of nitrogens with zero attached hydrogens (tertiary/aromatic N) is 4. The first-order chi connectivity index (χ1) is 13.6. The number of ether oxygens (including phenoxy) is 3. The van der Waals surface area contributed by atoms with Gasteiger partial charge in [-0.25, -0.2) is 0 Å². The summed E-state index contributed by atoms with van der Waals surface area (Å²) in [7, 11) is 3.05. The number of benzene rings is 1. The van der Waals surface area contributed by atoms with Crippen molar-refractivity contribution >= 4 is 5.95 Å². The second kappa shape index (κ2) is 9.54. The van der Waals surface area contributed by atoms with Crippen molar-refractivity contribution in [3.05, 3.63) is 29.3 Å². The Balaban J connectivity index is 1.54. The molecule has 152 valence electrons. The van der Waals surface area contributed by atoms with Crippen LogP contribution in [0.25, 0.3) is 0 Å². The number of methoxy groups -OCH3 is 2. The Labute approximate surface area is 166 Å². The van der Waals surface area contributed by atoms with Gasteiger partial charge in [-0.15, -0.1) is 4.98 Å². The van der Waals surface area contributed by atoms with Crippen molar-refractivity contribution in [2.45, 2.75) is 39.3 Å². The van der Waals surface area contributed by atoms with Crippen LogP contribution >= 0.6 is 0 Å². The molecule has 8 heteroatoms. The number of anilines is 1. The smallest absolute Gasteiger partial charge is 0.324 e. The van der Waals surface area contributed by atoms with E-state index in [-0.39, 0.29) is 12.0 Å². The maximum atomic E-state index is 5.72. The summed E-state index contributed by atoms with van der Waals surface area (Å²) in [5.74, 6) is 1.47. The van der Waals surface area contributed by atoms with Crippen LogP contribution in [0.5, 0.6) is 17.8 Å². The largest absolute Gasteiger partial charge is 0.494 e. The number of aromatic nitrogens is 3. The van der Waals surface area contributed by atoms with Gasteiger partial charge in [0.05, 0.1) is 20.8 Å². The maximum Gasteiger partial charge on any atom is 0.324 e. The first kappa shape index (κ1) is 20.1. The third kappa shape index (κ3) is 5.22. The van der Waals surface area contributed by atoms with Crippen molar-refractivity contribution in [3.8, 4) is 17.8 Å². The Hall–Kier alpha value is -2.61. The summed E-state index contributed by atoms with van der Waals surface area (Å²) in [5.41, 5.74) is 2.46. The SMILES string of the molecule is CCOc1cc(CN2CCC(Nc3nc(OC)nc(OC)n3)CC2)ccc1C. The lowest BCUT2D eigenvalue weighted by atomic mass is 10.0. The molecule has 1 N–H and O–H groups in total. The normalized spacial score (nSPS) is 15.3. The molecule has 1 aliphatic heterocycles. The van der Waals surface area contributed by atoms with Gasteiger partial charge in [-0.2, -0.15) is 9.97 Å². The van der Waals surface area contributed by atoms with Gasteiger partial charge in [0.25, 0.3) is 0 Å². The van der Waals surface area contributed by atoms with E-state index in [9.17, 15) is 0 Å². The highest BCUT2D eigenvalue weighted by Gasteiger charge is 2.21. The van der Waals surface area contributed by atoms with Crippen molar-refractivity contribution < 1.29 is 14.2 Å². The monoisotopic (exact) mass is 387 g/mol. The fourth-order valence-electron chi connectivity index (χ4n) is 3.32. The van der Waals surface area contributed by atoms with E-state index < -0.39 is 0 Å². The molecule has 3 rings (SSSR count). The molecule has 0 radical (unpaired) electrons.